The van der Waals surface area contributed by atoms with Crippen molar-refractivity contribution >= 4 is 25.6 Å². The molecule has 2 rings (SSSR count). The number of aliphatic hydroxyl groups excluding tert-OH is 1. The van der Waals surface area contributed by atoms with Crippen molar-refractivity contribution in [2.45, 2.75) is 73.5 Å². The van der Waals surface area contributed by atoms with Crippen LogP contribution in [0.25, 0.3) is 0 Å². The van der Waals surface area contributed by atoms with E-state index in [0.29, 0.717) is 19.3 Å². The first-order valence-electron chi connectivity index (χ1n) is 12.0. The van der Waals surface area contributed by atoms with Gasteiger partial charge in [0.05, 0.1) is 34.0 Å². The second-order valence-corrected chi connectivity index (χ2v) is 13.2. The lowest BCUT2D eigenvalue weighted by molar-refractivity contribution is -0.140. The number of esters is 1. The van der Waals surface area contributed by atoms with Gasteiger partial charge in [-0.3, -0.25) is 4.79 Å². The minimum atomic E-state index is -3.62. The van der Waals surface area contributed by atoms with E-state index in [1.165, 1.54) is 19.2 Å². The van der Waals surface area contributed by atoms with Crippen molar-refractivity contribution in [3.63, 3.8) is 0 Å². The van der Waals surface area contributed by atoms with Crippen LogP contribution in [-0.4, -0.2) is 52.1 Å². The molecule has 2 aromatic rings. The Morgan fingerprint density at radius 2 is 1.44 bits per heavy atom. The predicted molar refractivity (Wildman–Crippen MR) is 140 cm³/mol. The van der Waals surface area contributed by atoms with Gasteiger partial charge in [-0.25, -0.2) is 16.8 Å². The van der Waals surface area contributed by atoms with Crippen LogP contribution in [0.2, 0.25) is 0 Å². The Labute approximate surface area is 215 Å². The van der Waals surface area contributed by atoms with E-state index in [1.54, 1.807) is 42.5 Å². The van der Waals surface area contributed by atoms with Gasteiger partial charge in [0.15, 0.2) is 19.7 Å². The number of aryl methyl sites for hydroxylation is 2. The smallest absolute Gasteiger partial charge is 0.305 e. The van der Waals surface area contributed by atoms with Gasteiger partial charge in [0.1, 0.15) is 0 Å². The summed E-state index contributed by atoms with van der Waals surface area (Å²) in [6, 6.07) is 13.2. The van der Waals surface area contributed by atoms with Crippen molar-refractivity contribution < 1.29 is 31.5 Å². The number of benzene rings is 2. The summed E-state index contributed by atoms with van der Waals surface area (Å²) in [5.74, 6) is -0.821. The highest BCUT2D eigenvalue weighted by molar-refractivity contribution is 7.92. The lowest BCUT2D eigenvalue weighted by Gasteiger charge is -2.17. The number of rotatable bonds is 14. The summed E-state index contributed by atoms with van der Waals surface area (Å²) >= 11 is 0. The van der Waals surface area contributed by atoms with Crippen LogP contribution in [0.4, 0.5) is 0 Å². The van der Waals surface area contributed by atoms with Crippen molar-refractivity contribution in [3.05, 3.63) is 71.8 Å². The molecule has 0 saturated heterocycles. The van der Waals surface area contributed by atoms with E-state index in [9.17, 15) is 26.7 Å². The second kappa shape index (κ2) is 13.7. The van der Waals surface area contributed by atoms with Gasteiger partial charge in [0.2, 0.25) is 0 Å². The first-order valence-corrected chi connectivity index (χ1v) is 15.2. The number of hydrogen-bond donors (Lipinski definition) is 1. The molecule has 36 heavy (non-hydrogen) atoms. The number of aliphatic hydroxyl groups is 1. The Morgan fingerprint density at radius 3 is 2.00 bits per heavy atom. The van der Waals surface area contributed by atoms with E-state index in [-0.39, 0.29) is 34.8 Å². The van der Waals surface area contributed by atoms with Gasteiger partial charge in [0.25, 0.3) is 0 Å². The van der Waals surface area contributed by atoms with E-state index in [1.807, 2.05) is 19.9 Å². The van der Waals surface area contributed by atoms with E-state index >= 15 is 0 Å². The number of allylic oxidation sites excluding steroid dienone is 1. The highest BCUT2D eigenvalue weighted by Crippen LogP contribution is 2.24. The number of unbranched alkanes of at least 4 members (excludes halogenated alkanes) is 1. The lowest BCUT2D eigenvalue weighted by Crippen LogP contribution is -2.23. The van der Waals surface area contributed by atoms with Crippen molar-refractivity contribution in [2.24, 2.45) is 0 Å². The summed E-state index contributed by atoms with van der Waals surface area (Å²) in [6.07, 6.45) is 4.35. The maximum Gasteiger partial charge on any atom is 0.305 e. The van der Waals surface area contributed by atoms with Gasteiger partial charge < -0.3 is 9.84 Å². The van der Waals surface area contributed by atoms with Gasteiger partial charge in [-0.15, -0.1) is 0 Å². The number of carbonyl (C=O) groups is 1. The first kappa shape index (κ1) is 29.7. The van der Waals surface area contributed by atoms with E-state index in [4.69, 9.17) is 0 Å². The molecular formula is C27H36O7S2. The summed E-state index contributed by atoms with van der Waals surface area (Å²) in [6.45, 7) is 3.75. The molecule has 0 aliphatic heterocycles. The molecule has 9 heteroatoms. The molecule has 2 aromatic carbocycles. The van der Waals surface area contributed by atoms with Crippen LogP contribution in [0.5, 0.6) is 0 Å². The predicted octanol–water partition coefficient (Wildman–Crippen LogP) is 4.35. The number of carbonyl (C=O) groups excluding carboxylic acids is 1. The highest BCUT2D eigenvalue weighted by Gasteiger charge is 2.27. The third kappa shape index (κ3) is 9.19. The molecule has 1 N–H and O–H groups in total. The third-order valence-corrected chi connectivity index (χ3v) is 10.0. The van der Waals surface area contributed by atoms with Crippen LogP contribution in [-0.2, 0) is 29.2 Å². The van der Waals surface area contributed by atoms with Crippen LogP contribution in [0.1, 0.15) is 49.7 Å². The number of methoxy groups -OCH3 is 1. The Balaban J connectivity index is 1.90. The maximum absolute atomic E-state index is 13.2. The minimum absolute atomic E-state index is 0.0176. The first-order chi connectivity index (χ1) is 17.0. The van der Waals surface area contributed by atoms with Crippen molar-refractivity contribution in [2.75, 3.05) is 12.9 Å². The molecule has 0 bridgehead atoms. The topological polar surface area (TPSA) is 115 Å². The van der Waals surface area contributed by atoms with Crippen LogP contribution in [0, 0.1) is 13.8 Å². The molecule has 0 amide bonds. The monoisotopic (exact) mass is 536 g/mol. The maximum atomic E-state index is 13.2. The minimum Gasteiger partial charge on any atom is -0.469 e. The molecule has 0 aliphatic carbocycles. The zero-order valence-electron chi connectivity index (χ0n) is 21.1. The van der Waals surface area contributed by atoms with E-state index in [2.05, 4.69) is 4.74 Å². The fraction of sp³-hybridized carbons (Fsp3) is 0.444. The van der Waals surface area contributed by atoms with Crippen molar-refractivity contribution in [3.8, 4) is 0 Å². The summed E-state index contributed by atoms with van der Waals surface area (Å²) in [7, 11) is -5.93. The fourth-order valence-corrected chi connectivity index (χ4v) is 6.94. The average Bonchev–Trinajstić information content (AvgIpc) is 2.82. The molecule has 2 atom stereocenters. The molecule has 0 fully saturated rings. The Kier molecular flexibility index (Phi) is 11.3. The molecular weight excluding hydrogens is 500 g/mol. The standard InChI is InChI=1S/C27H36O7S2/c1-21-10-14-24(15-11-21)35(30,31)20-23(28)8-6-4-5-7-9-25(18-19-27(29)34-3)36(32,33)26-16-12-22(2)13-17-26/h4,6,10-17,23,25,28H,5,7-9,18-20H2,1-3H3/b6-4+. The molecule has 0 saturated carbocycles. The Bertz CT molecular complexity index is 1210. The van der Waals surface area contributed by atoms with Gasteiger partial charge in [-0.2, -0.15) is 0 Å². The van der Waals surface area contributed by atoms with Gasteiger partial charge in [-0.05, 0) is 70.2 Å². The van der Waals surface area contributed by atoms with Crippen LogP contribution in [0.3, 0.4) is 0 Å². The summed E-state index contributed by atoms with van der Waals surface area (Å²) in [5, 5.41) is 9.47. The zero-order valence-corrected chi connectivity index (χ0v) is 22.7. The van der Waals surface area contributed by atoms with Gasteiger partial charge >= 0.3 is 5.97 Å². The fourth-order valence-electron chi connectivity index (χ4n) is 3.75. The summed E-state index contributed by atoms with van der Waals surface area (Å²) in [4.78, 5) is 12.0. The molecule has 0 heterocycles. The average molecular weight is 537 g/mol. The summed E-state index contributed by atoms with van der Waals surface area (Å²) in [5.41, 5.74) is 1.91. The molecule has 198 valence electrons. The largest absolute Gasteiger partial charge is 0.469 e. The Morgan fingerprint density at radius 1 is 0.889 bits per heavy atom. The van der Waals surface area contributed by atoms with Gasteiger partial charge in [0, 0.05) is 6.42 Å². The third-order valence-electron chi connectivity index (χ3n) is 5.95. The van der Waals surface area contributed by atoms with Gasteiger partial charge in [-0.1, -0.05) is 47.5 Å². The number of sulfone groups is 2. The van der Waals surface area contributed by atoms with Crippen LogP contribution >= 0.6 is 0 Å². The molecule has 7 nitrogen and oxygen atoms in total. The summed E-state index contributed by atoms with van der Waals surface area (Å²) < 4.78 is 55.9. The van der Waals surface area contributed by atoms with E-state index in [0.717, 1.165) is 11.1 Å². The number of hydrogen-bond acceptors (Lipinski definition) is 7. The number of ether oxygens (including phenoxy) is 1. The normalized spacial score (nSPS) is 14.0. The molecule has 0 aromatic heterocycles. The zero-order chi connectivity index (χ0) is 26.8. The molecule has 0 spiro atoms. The molecule has 0 radical (unpaired) electrons. The second-order valence-electron chi connectivity index (χ2n) is 8.98. The quantitative estimate of drug-likeness (QED) is 0.217. The SMILES string of the molecule is COC(=O)CCC(CCC/C=C/CC(O)CS(=O)(=O)c1ccc(C)cc1)S(=O)(=O)c1ccc(C)cc1. The van der Waals surface area contributed by atoms with Crippen molar-refractivity contribution in [1.29, 1.82) is 0 Å². The lowest BCUT2D eigenvalue weighted by atomic mass is 10.1. The Hall–Kier alpha value is -2.49. The van der Waals surface area contributed by atoms with Crippen LogP contribution < -0.4 is 0 Å². The van der Waals surface area contributed by atoms with E-state index < -0.39 is 37.0 Å². The molecule has 2 unspecified atom stereocenters. The van der Waals surface area contributed by atoms with Crippen molar-refractivity contribution in [1.82, 2.24) is 0 Å². The highest BCUT2D eigenvalue weighted by atomic mass is 32.2. The molecule has 0 aliphatic rings. The van der Waals surface area contributed by atoms with Crippen LogP contribution in [0.15, 0.2) is 70.5 Å².